The standard InChI is InChI=1S/C19H14N6O2/c1-2-4-14(5-3-1)15-9-18(25-19(23-15)20-11-22-25)24-21-10-13-6-7-16-17(8-13)27-12-26-16/h1-11,24H,12H2/b21-10-. The molecule has 0 amide bonds. The molecule has 1 N–H and O–H groups in total. The van der Waals surface area contributed by atoms with E-state index in [1.54, 1.807) is 10.7 Å². The maximum absolute atomic E-state index is 5.38. The molecule has 27 heavy (non-hydrogen) atoms. The first kappa shape index (κ1) is 15.3. The van der Waals surface area contributed by atoms with Crippen molar-refractivity contribution in [1.29, 1.82) is 0 Å². The van der Waals surface area contributed by atoms with E-state index in [1.807, 2.05) is 54.6 Å². The number of nitrogens with zero attached hydrogens (tertiary/aromatic N) is 5. The minimum absolute atomic E-state index is 0.248. The van der Waals surface area contributed by atoms with Gasteiger partial charge in [-0.3, -0.25) is 5.43 Å². The van der Waals surface area contributed by atoms with Crippen LogP contribution in [0.4, 0.5) is 5.82 Å². The van der Waals surface area contributed by atoms with Crippen LogP contribution in [0, 0.1) is 0 Å². The molecule has 0 aliphatic carbocycles. The highest BCUT2D eigenvalue weighted by atomic mass is 16.7. The summed E-state index contributed by atoms with van der Waals surface area (Å²) in [4.78, 5) is 8.73. The molecular weight excluding hydrogens is 344 g/mol. The third-order valence-corrected chi connectivity index (χ3v) is 4.11. The number of rotatable bonds is 4. The Morgan fingerprint density at radius 3 is 2.85 bits per heavy atom. The van der Waals surface area contributed by atoms with Crippen molar-refractivity contribution in [2.24, 2.45) is 5.10 Å². The van der Waals surface area contributed by atoms with Gasteiger partial charge in [0.25, 0.3) is 5.78 Å². The molecule has 0 saturated carbocycles. The predicted octanol–water partition coefficient (Wildman–Crippen LogP) is 2.97. The van der Waals surface area contributed by atoms with E-state index in [0.717, 1.165) is 22.6 Å². The van der Waals surface area contributed by atoms with Crippen molar-refractivity contribution in [3.05, 3.63) is 66.5 Å². The van der Waals surface area contributed by atoms with Gasteiger partial charge in [-0.25, -0.2) is 4.98 Å². The van der Waals surface area contributed by atoms with Gasteiger partial charge in [-0.1, -0.05) is 30.3 Å². The Kier molecular flexibility index (Phi) is 3.64. The number of benzene rings is 2. The summed E-state index contributed by atoms with van der Waals surface area (Å²) in [5.41, 5.74) is 5.69. The van der Waals surface area contributed by atoms with Gasteiger partial charge in [-0.05, 0) is 23.8 Å². The van der Waals surface area contributed by atoms with Crippen LogP contribution in [0.2, 0.25) is 0 Å². The molecule has 4 aromatic rings. The van der Waals surface area contributed by atoms with E-state index in [-0.39, 0.29) is 6.79 Å². The Bertz CT molecular complexity index is 1140. The molecule has 3 heterocycles. The second-order valence-electron chi connectivity index (χ2n) is 5.85. The van der Waals surface area contributed by atoms with Crippen LogP contribution in [-0.2, 0) is 0 Å². The molecule has 8 nitrogen and oxygen atoms in total. The second kappa shape index (κ2) is 6.41. The lowest BCUT2D eigenvalue weighted by atomic mass is 10.1. The maximum Gasteiger partial charge on any atom is 0.254 e. The quantitative estimate of drug-likeness (QED) is 0.446. The highest BCUT2D eigenvalue weighted by Gasteiger charge is 2.12. The van der Waals surface area contributed by atoms with E-state index >= 15 is 0 Å². The molecule has 0 unspecified atom stereocenters. The van der Waals surface area contributed by atoms with Crippen molar-refractivity contribution in [1.82, 2.24) is 19.6 Å². The molecule has 0 atom stereocenters. The van der Waals surface area contributed by atoms with Gasteiger partial charge in [0, 0.05) is 11.6 Å². The Hall–Kier alpha value is -3.94. The number of hydrogen-bond acceptors (Lipinski definition) is 7. The van der Waals surface area contributed by atoms with Gasteiger partial charge in [0.15, 0.2) is 17.3 Å². The van der Waals surface area contributed by atoms with Crippen molar-refractivity contribution in [2.45, 2.75) is 0 Å². The first-order chi connectivity index (χ1) is 13.4. The van der Waals surface area contributed by atoms with E-state index in [4.69, 9.17) is 9.47 Å². The van der Waals surface area contributed by atoms with Crippen LogP contribution in [0.5, 0.6) is 11.5 Å². The Morgan fingerprint density at radius 1 is 1.04 bits per heavy atom. The van der Waals surface area contributed by atoms with Crippen LogP contribution < -0.4 is 14.9 Å². The van der Waals surface area contributed by atoms with Gasteiger partial charge in [0.2, 0.25) is 6.79 Å². The number of nitrogens with one attached hydrogen (secondary N) is 1. The van der Waals surface area contributed by atoms with E-state index in [1.165, 1.54) is 6.33 Å². The van der Waals surface area contributed by atoms with Gasteiger partial charge in [-0.15, -0.1) is 0 Å². The van der Waals surface area contributed by atoms with Gasteiger partial charge < -0.3 is 9.47 Å². The van der Waals surface area contributed by atoms with Crippen molar-refractivity contribution >= 4 is 17.8 Å². The van der Waals surface area contributed by atoms with E-state index < -0.39 is 0 Å². The molecule has 2 aromatic heterocycles. The molecule has 8 heteroatoms. The van der Waals surface area contributed by atoms with Gasteiger partial charge in [0.05, 0.1) is 11.9 Å². The predicted molar refractivity (Wildman–Crippen MR) is 100.0 cm³/mol. The zero-order valence-corrected chi connectivity index (χ0v) is 14.1. The molecule has 0 saturated heterocycles. The number of hydrogen-bond donors (Lipinski definition) is 1. The van der Waals surface area contributed by atoms with Crippen LogP contribution in [0.1, 0.15) is 5.56 Å². The topological polar surface area (TPSA) is 85.9 Å². The third kappa shape index (κ3) is 2.93. The minimum atomic E-state index is 0.248. The average molecular weight is 358 g/mol. The summed E-state index contributed by atoms with van der Waals surface area (Å²) in [6.45, 7) is 0.248. The lowest BCUT2D eigenvalue weighted by molar-refractivity contribution is 0.174. The number of hydrazone groups is 1. The van der Waals surface area contributed by atoms with Gasteiger partial charge in [0.1, 0.15) is 6.33 Å². The molecule has 1 aliphatic heterocycles. The molecule has 0 bridgehead atoms. The molecule has 1 aliphatic rings. The van der Waals surface area contributed by atoms with Gasteiger partial charge in [-0.2, -0.15) is 19.7 Å². The van der Waals surface area contributed by atoms with E-state index in [0.29, 0.717) is 17.3 Å². The van der Waals surface area contributed by atoms with E-state index in [9.17, 15) is 0 Å². The van der Waals surface area contributed by atoms with Crippen molar-refractivity contribution in [3.63, 3.8) is 0 Å². The van der Waals surface area contributed by atoms with Crippen LogP contribution in [-0.4, -0.2) is 32.6 Å². The zero-order chi connectivity index (χ0) is 18.1. The fourth-order valence-corrected chi connectivity index (χ4v) is 2.82. The molecular formula is C19H14N6O2. The molecule has 2 aromatic carbocycles. The van der Waals surface area contributed by atoms with E-state index in [2.05, 4.69) is 25.6 Å². The molecule has 5 rings (SSSR count). The smallest absolute Gasteiger partial charge is 0.254 e. The van der Waals surface area contributed by atoms with Crippen LogP contribution in [0.25, 0.3) is 17.0 Å². The van der Waals surface area contributed by atoms with Crippen molar-refractivity contribution in [3.8, 4) is 22.8 Å². The lowest BCUT2D eigenvalue weighted by Gasteiger charge is -2.06. The average Bonchev–Trinajstić information content (AvgIpc) is 3.37. The Morgan fingerprint density at radius 2 is 1.93 bits per heavy atom. The summed E-state index contributed by atoms with van der Waals surface area (Å²) in [6.07, 6.45) is 3.16. The number of ether oxygens (including phenoxy) is 2. The first-order valence-electron chi connectivity index (χ1n) is 8.32. The maximum atomic E-state index is 5.38. The van der Waals surface area contributed by atoms with Gasteiger partial charge >= 0.3 is 0 Å². The number of fused-ring (bicyclic) bond motifs is 2. The van der Waals surface area contributed by atoms with Crippen LogP contribution in [0.3, 0.4) is 0 Å². The van der Waals surface area contributed by atoms with Crippen LogP contribution in [0.15, 0.2) is 66.0 Å². The highest BCUT2D eigenvalue weighted by Crippen LogP contribution is 2.32. The molecule has 0 radical (unpaired) electrons. The molecule has 0 spiro atoms. The third-order valence-electron chi connectivity index (χ3n) is 4.11. The zero-order valence-electron chi connectivity index (χ0n) is 14.1. The summed E-state index contributed by atoms with van der Waals surface area (Å²) in [5, 5.41) is 8.51. The lowest BCUT2D eigenvalue weighted by Crippen LogP contribution is -2.02. The monoisotopic (exact) mass is 358 g/mol. The largest absolute Gasteiger partial charge is 0.454 e. The second-order valence-corrected chi connectivity index (χ2v) is 5.85. The van der Waals surface area contributed by atoms with Crippen molar-refractivity contribution in [2.75, 3.05) is 12.2 Å². The minimum Gasteiger partial charge on any atom is -0.454 e. The summed E-state index contributed by atoms with van der Waals surface area (Å²) in [5.74, 6) is 2.62. The fraction of sp³-hybridized carbons (Fsp3) is 0.0526. The highest BCUT2D eigenvalue weighted by molar-refractivity contribution is 5.81. The normalized spacial score (nSPS) is 12.7. The number of aromatic nitrogens is 4. The summed E-state index contributed by atoms with van der Waals surface area (Å²) >= 11 is 0. The fourth-order valence-electron chi connectivity index (χ4n) is 2.82. The summed E-state index contributed by atoms with van der Waals surface area (Å²) in [6, 6.07) is 17.4. The number of anilines is 1. The Labute approximate surface area is 154 Å². The Balaban J connectivity index is 1.45. The van der Waals surface area contributed by atoms with Crippen LogP contribution >= 0.6 is 0 Å². The first-order valence-corrected chi connectivity index (χ1v) is 8.32. The molecule has 0 fully saturated rings. The SMILES string of the molecule is C(=N/Nc1cc(-c2ccccc2)nc2ncnn12)/c1ccc2c(c1)OCO2. The molecule has 132 valence electrons. The van der Waals surface area contributed by atoms with Crippen molar-refractivity contribution < 1.29 is 9.47 Å². The summed E-state index contributed by atoms with van der Waals surface area (Å²) in [7, 11) is 0. The summed E-state index contributed by atoms with van der Waals surface area (Å²) < 4.78 is 12.3.